The van der Waals surface area contributed by atoms with Gasteiger partial charge in [0, 0.05) is 0 Å². The molecular weight excluding hydrogens is 156 g/mol. The van der Waals surface area contributed by atoms with Crippen LogP contribution in [-0.2, 0) is 9.59 Å². The van der Waals surface area contributed by atoms with E-state index < -0.39 is 11.1 Å². The van der Waals surface area contributed by atoms with Crippen molar-refractivity contribution in [1.29, 1.82) is 0 Å². The summed E-state index contributed by atoms with van der Waals surface area (Å²) >= 11 is 4.71. The Bertz CT molecular complexity index is 136. The molecule has 0 aliphatic rings. The van der Waals surface area contributed by atoms with Gasteiger partial charge in [0.05, 0.1) is 6.54 Å². The lowest BCUT2D eigenvalue weighted by atomic mass is 10.7. The molecule has 0 unspecified atom stereocenters. The summed E-state index contributed by atoms with van der Waals surface area (Å²) in [6, 6.07) is 0. The SMILES string of the molecule is C=CC(=O)Cl.NCC(N)=O. The zero-order chi connectivity index (χ0) is 8.57. The Morgan fingerprint density at radius 1 is 1.60 bits per heavy atom. The molecule has 0 saturated carbocycles. The van der Waals surface area contributed by atoms with Crippen LogP contribution in [0.3, 0.4) is 0 Å². The Morgan fingerprint density at radius 3 is 1.80 bits per heavy atom. The van der Waals surface area contributed by atoms with E-state index in [1.807, 2.05) is 0 Å². The first-order valence-corrected chi connectivity index (χ1v) is 2.72. The Morgan fingerprint density at radius 2 is 1.80 bits per heavy atom. The second-order valence-electron chi connectivity index (χ2n) is 1.18. The molecule has 0 aliphatic heterocycles. The van der Waals surface area contributed by atoms with Gasteiger partial charge in [-0.05, 0) is 17.7 Å². The molecule has 1 amide bonds. The molecule has 0 atom stereocenters. The third-order valence-corrected chi connectivity index (χ3v) is 0.516. The van der Waals surface area contributed by atoms with Crippen LogP contribution in [0.1, 0.15) is 0 Å². The summed E-state index contributed by atoms with van der Waals surface area (Å²) in [6.45, 7) is 3.02. The predicted octanol–water partition coefficient (Wildman–Crippen LogP) is -0.632. The maximum Gasteiger partial charge on any atom is 0.244 e. The summed E-state index contributed by atoms with van der Waals surface area (Å²) in [5.74, 6) is -0.468. The van der Waals surface area contributed by atoms with Crippen LogP contribution in [0.4, 0.5) is 0 Å². The maximum absolute atomic E-state index is 9.47. The normalized spacial score (nSPS) is 7.00. The second kappa shape index (κ2) is 8.13. The fourth-order valence-electron chi connectivity index (χ4n) is 0. The van der Waals surface area contributed by atoms with Crippen molar-refractivity contribution in [3.8, 4) is 0 Å². The highest BCUT2D eigenvalue weighted by atomic mass is 35.5. The van der Waals surface area contributed by atoms with E-state index in [1.165, 1.54) is 0 Å². The van der Waals surface area contributed by atoms with Gasteiger partial charge < -0.3 is 11.5 Å². The smallest absolute Gasteiger partial charge is 0.244 e. The van der Waals surface area contributed by atoms with Crippen LogP contribution >= 0.6 is 11.6 Å². The average Bonchev–Trinajstić information content (AvgIpc) is 1.89. The van der Waals surface area contributed by atoms with E-state index >= 15 is 0 Å². The highest BCUT2D eigenvalue weighted by molar-refractivity contribution is 6.66. The fraction of sp³-hybridized carbons (Fsp3) is 0.200. The van der Waals surface area contributed by atoms with Gasteiger partial charge in [0.25, 0.3) is 0 Å². The monoisotopic (exact) mass is 164 g/mol. The third kappa shape index (κ3) is 27.3. The molecule has 0 aromatic heterocycles. The van der Waals surface area contributed by atoms with E-state index in [9.17, 15) is 9.59 Å². The highest BCUT2D eigenvalue weighted by Gasteiger charge is 1.77. The summed E-state index contributed by atoms with van der Waals surface area (Å²) in [6.07, 6.45) is 1.04. The first kappa shape index (κ1) is 11.9. The van der Waals surface area contributed by atoms with Gasteiger partial charge in [-0.1, -0.05) is 6.58 Å². The topological polar surface area (TPSA) is 86.2 Å². The number of rotatable bonds is 2. The minimum atomic E-state index is -0.509. The average molecular weight is 165 g/mol. The lowest BCUT2D eigenvalue weighted by Gasteiger charge is -1.74. The number of primary amides is 1. The van der Waals surface area contributed by atoms with Gasteiger partial charge in [-0.2, -0.15) is 0 Å². The Balaban J connectivity index is 0. The van der Waals surface area contributed by atoms with Gasteiger partial charge in [0.1, 0.15) is 0 Å². The molecule has 0 aliphatic carbocycles. The van der Waals surface area contributed by atoms with E-state index in [-0.39, 0.29) is 6.54 Å². The molecule has 0 fully saturated rings. The summed E-state index contributed by atoms with van der Waals surface area (Å²) in [4.78, 5) is 18.9. The van der Waals surface area contributed by atoms with Crippen LogP contribution in [0, 0.1) is 0 Å². The Kier molecular flexibility index (Phi) is 9.65. The molecule has 4 N–H and O–H groups in total. The van der Waals surface area contributed by atoms with Gasteiger partial charge in [0.15, 0.2) is 0 Å². The lowest BCUT2D eigenvalue weighted by Crippen LogP contribution is -2.21. The summed E-state index contributed by atoms with van der Waals surface area (Å²) in [5, 5.41) is -0.509. The first-order chi connectivity index (χ1) is 4.54. The Hall–Kier alpha value is -0.870. The molecule has 58 valence electrons. The molecule has 0 bridgehead atoms. The third-order valence-electron chi connectivity index (χ3n) is 0.362. The van der Waals surface area contributed by atoms with E-state index in [0.717, 1.165) is 6.08 Å². The minimum absolute atomic E-state index is 0.0556. The molecule has 4 nitrogen and oxygen atoms in total. The van der Waals surface area contributed by atoms with Crippen LogP contribution in [0.15, 0.2) is 12.7 Å². The van der Waals surface area contributed by atoms with Crippen LogP contribution in [0.5, 0.6) is 0 Å². The van der Waals surface area contributed by atoms with Crippen LogP contribution in [0.25, 0.3) is 0 Å². The Labute approximate surface area is 63.8 Å². The lowest BCUT2D eigenvalue weighted by molar-refractivity contribution is -0.116. The summed E-state index contributed by atoms with van der Waals surface area (Å²) in [7, 11) is 0. The molecule has 0 radical (unpaired) electrons. The molecule has 0 aromatic rings. The molecular formula is C5H9ClN2O2. The van der Waals surface area contributed by atoms with Gasteiger partial charge in [-0.25, -0.2) is 0 Å². The molecule has 10 heavy (non-hydrogen) atoms. The predicted molar refractivity (Wildman–Crippen MR) is 39.3 cm³/mol. The number of amides is 1. The number of halogens is 1. The number of hydrogen-bond donors (Lipinski definition) is 2. The van der Waals surface area contributed by atoms with Crippen LogP contribution < -0.4 is 11.5 Å². The molecule has 0 heterocycles. The number of hydrogen-bond acceptors (Lipinski definition) is 3. The van der Waals surface area contributed by atoms with Gasteiger partial charge in [0.2, 0.25) is 11.1 Å². The quantitative estimate of drug-likeness (QED) is 0.421. The van der Waals surface area contributed by atoms with Crippen molar-refractivity contribution in [1.82, 2.24) is 0 Å². The number of carbonyl (C=O) groups excluding carboxylic acids is 2. The van der Waals surface area contributed by atoms with Gasteiger partial charge >= 0.3 is 0 Å². The van der Waals surface area contributed by atoms with Gasteiger partial charge in [-0.15, -0.1) is 0 Å². The molecule has 5 heteroatoms. The number of nitrogens with two attached hydrogens (primary N) is 2. The van der Waals surface area contributed by atoms with Crippen molar-refractivity contribution in [2.24, 2.45) is 11.5 Å². The van der Waals surface area contributed by atoms with E-state index in [0.29, 0.717) is 0 Å². The maximum atomic E-state index is 9.47. The second-order valence-corrected chi connectivity index (χ2v) is 1.55. The van der Waals surface area contributed by atoms with E-state index in [1.54, 1.807) is 0 Å². The molecule has 0 aromatic carbocycles. The molecule has 0 saturated heterocycles. The van der Waals surface area contributed by atoms with Crippen molar-refractivity contribution in [2.75, 3.05) is 6.54 Å². The van der Waals surface area contributed by atoms with Crippen molar-refractivity contribution < 1.29 is 9.59 Å². The van der Waals surface area contributed by atoms with Crippen molar-refractivity contribution >= 4 is 22.8 Å². The fourth-order valence-corrected chi connectivity index (χ4v) is 0. The van der Waals surface area contributed by atoms with Crippen molar-refractivity contribution in [3.05, 3.63) is 12.7 Å². The van der Waals surface area contributed by atoms with E-state index in [2.05, 4.69) is 12.3 Å². The molecule has 0 spiro atoms. The standard InChI is InChI=1S/C3H3ClO.C2H6N2O/c1-2-3(4)5;3-1-2(4)5/h2H,1H2;1,3H2,(H2,4,5). The molecule has 0 rings (SSSR count). The number of allylic oxidation sites excluding steroid dienone is 1. The summed E-state index contributed by atoms with van der Waals surface area (Å²) < 4.78 is 0. The largest absolute Gasteiger partial charge is 0.369 e. The number of carbonyl (C=O) groups is 2. The highest BCUT2D eigenvalue weighted by Crippen LogP contribution is 1.74. The van der Waals surface area contributed by atoms with Crippen LogP contribution in [0.2, 0.25) is 0 Å². The summed E-state index contributed by atoms with van der Waals surface area (Å²) in [5.41, 5.74) is 9.22. The van der Waals surface area contributed by atoms with E-state index in [4.69, 9.17) is 17.3 Å². The zero-order valence-corrected chi connectivity index (χ0v) is 6.10. The first-order valence-electron chi connectivity index (χ1n) is 2.34. The van der Waals surface area contributed by atoms with Crippen molar-refractivity contribution in [3.63, 3.8) is 0 Å². The minimum Gasteiger partial charge on any atom is -0.369 e. The van der Waals surface area contributed by atoms with Crippen LogP contribution in [-0.4, -0.2) is 17.7 Å². The van der Waals surface area contributed by atoms with Gasteiger partial charge in [-0.3, -0.25) is 9.59 Å². The zero-order valence-electron chi connectivity index (χ0n) is 5.34. The van der Waals surface area contributed by atoms with Crippen molar-refractivity contribution in [2.45, 2.75) is 0 Å².